The van der Waals surface area contributed by atoms with Crippen LogP contribution in [0.3, 0.4) is 0 Å². The smallest absolute Gasteiger partial charge is 0.337 e. The van der Waals surface area contributed by atoms with Crippen molar-refractivity contribution in [3.63, 3.8) is 0 Å². The Morgan fingerprint density at radius 3 is 2.64 bits per heavy atom. The summed E-state index contributed by atoms with van der Waals surface area (Å²) in [6.45, 7) is 4.81. The molecule has 0 aliphatic rings. The molecule has 0 atom stereocenters. The molecule has 2 heterocycles. The van der Waals surface area contributed by atoms with Crippen molar-refractivity contribution in [2.24, 2.45) is 0 Å². The van der Waals surface area contributed by atoms with Gasteiger partial charge < -0.3 is 10.1 Å². The lowest BCUT2D eigenvalue weighted by molar-refractivity contribution is 0.0601. The van der Waals surface area contributed by atoms with Gasteiger partial charge in [-0.05, 0) is 43.7 Å². The van der Waals surface area contributed by atoms with E-state index in [9.17, 15) is 4.79 Å². The van der Waals surface area contributed by atoms with Gasteiger partial charge in [0.15, 0.2) is 0 Å². The molecule has 0 saturated heterocycles. The highest BCUT2D eigenvalue weighted by Gasteiger charge is 2.10. The first-order chi connectivity index (χ1) is 12.1. The van der Waals surface area contributed by atoms with Crippen LogP contribution >= 0.6 is 0 Å². The lowest BCUT2D eigenvalue weighted by Gasteiger charge is -2.08. The van der Waals surface area contributed by atoms with E-state index in [0.29, 0.717) is 11.5 Å². The summed E-state index contributed by atoms with van der Waals surface area (Å²) in [5.41, 5.74) is 4.04. The van der Waals surface area contributed by atoms with Crippen LogP contribution in [0.1, 0.15) is 22.8 Å². The van der Waals surface area contributed by atoms with Crippen molar-refractivity contribution in [3.8, 4) is 11.3 Å². The molecule has 0 aliphatic carbocycles. The van der Waals surface area contributed by atoms with Crippen LogP contribution in [0, 0.1) is 6.92 Å². The van der Waals surface area contributed by atoms with Crippen molar-refractivity contribution >= 4 is 17.6 Å². The van der Waals surface area contributed by atoms with Crippen molar-refractivity contribution in [3.05, 3.63) is 54.0 Å². The lowest BCUT2D eigenvalue weighted by atomic mass is 10.1. The number of benzene rings is 1. The molecule has 25 heavy (non-hydrogen) atoms. The van der Waals surface area contributed by atoms with Crippen molar-refractivity contribution in [1.29, 1.82) is 0 Å². The van der Waals surface area contributed by atoms with E-state index in [2.05, 4.69) is 20.4 Å². The molecule has 1 N–H and O–H groups in total. The van der Waals surface area contributed by atoms with Crippen LogP contribution in [-0.4, -0.2) is 32.8 Å². The number of aromatic nitrogens is 4. The van der Waals surface area contributed by atoms with Gasteiger partial charge in [0, 0.05) is 30.2 Å². The fourth-order valence-electron chi connectivity index (χ4n) is 2.39. The number of nitrogens with one attached hydrogen (secondary N) is 1. The number of anilines is 2. The minimum atomic E-state index is -0.367. The van der Waals surface area contributed by atoms with Crippen LogP contribution in [0.15, 0.2) is 42.9 Å². The van der Waals surface area contributed by atoms with E-state index in [1.807, 2.05) is 24.7 Å². The molecule has 0 amide bonds. The van der Waals surface area contributed by atoms with Crippen molar-refractivity contribution in [2.75, 3.05) is 12.4 Å². The zero-order valence-corrected chi connectivity index (χ0v) is 14.4. The highest BCUT2D eigenvalue weighted by atomic mass is 16.5. The fraction of sp³-hybridized carbons (Fsp3) is 0.222. The van der Waals surface area contributed by atoms with Crippen LogP contribution in [0.5, 0.6) is 0 Å². The lowest BCUT2D eigenvalue weighted by Crippen LogP contribution is -2.02. The molecular formula is C18H19N5O2. The molecule has 0 unspecified atom stereocenters. The molecule has 3 rings (SSSR count). The third-order valence-electron chi connectivity index (χ3n) is 3.76. The standard InChI is InChI=1S/C18H19N5O2/c1-4-23-11-14(10-20-23)16-12(2)9-19-18(22-16)21-15-7-5-13(6-8-15)17(24)25-3/h5-11H,4H2,1-3H3,(H,19,21,22). The van der Waals surface area contributed by atoms with E-state index < -0.39 is 0 Å². The van der Waals surface area contributed by atoms with Gasteiger partial charge in [-0.3, -0.25) is 4.68 Å². The normalized spacial score (nSPS) is 10.5. The third kappa shape index (κ3) is 3.65. The number of methoxy groups -OCH3 is 1. The number of carbonyl (C=O) groups is 1. The van der Waals surface area contributed by atoms with Crippen molar-refractivity contribution in [2.45, 2.75) is 20.4 Å². The summed E-state index contributed by atoms with van der Waals surface area (Å²) in [4.78, 5) is 20.4. The maximum Gasteiger partial charge on any atom is 0.337 e. The average molecular weight is 337 g/mol. The predicted octanol–water partition coefficient (Wildman–Crippen LogP) is 3.20. The first kappa shape index (κ1) is 16.6. The SMILES string of the molecule is CCn1cc(-c2nc(Nc3ccc(C(=O)OC)cc3)ncc2C)cn1. The van der Waals surface area contributed by atoms with Gasteiger partial charge in [0.1, 0.15) is 0 Å². The van der Waals surface area contributed by atoms with Gasteiger partial charge in [-0.1, -0.05) is 0 Å². The molecule has 0 fully saturated rings. The van der Waals surface area contributed by atoms with Crippen molar-refractivity contribution < 1.29 is 9.53 Å². The first-order valence-electron chi connectivity index (χ1n) is 7.92. The van der Waals surface area contributed by atoms with Gasteiger partial charge in [0.25, 0.3) is 0 Å². The van der Waals surface area contributed by atoms with Gasteiger partial charge in [0.2, 0.25) is 5.95 Å². The molecule has 0 radical (unpaired) electrons. The summed E-state index contributed by atoms with van der Waals surface area (Å²) in [5, 5.41) is 7.44. The maximum atomic E-state index is 11.5. The summed E-state index contributed by atoms with van der Waals surface area (Å²) in [6.07, 6.45) is 5.54. The number of carbonyl (C=O) groups excluding carboxylic acids is 1. The number of nitrogens with zero attached hydrogens (tertiary/aromatic N) is 4. The summed E-state index contributed by atoms with van der Waals surface area (Å²) >= 11 is 0. The second-order valence-corrected chi connectivity index (χ2v) is 5.50. The number of ether oxygens (including phenoxy) is 1. The number of hydrogen-bond acceptors (Lipinski definition) is 6. The van der Waals surface area contributed by atoms with E-state index in [-0.39, 0.29) is 5.97 Å². The van der Waals surface area contributed by atoms with Gasteiger partial charge in [-0.25, -0.2) is 14.8 Å². The average Bonchev–Trinajstić information content (AvgIpc) is 3.12. The second kappa shape index (κ2) is 7.12. The van der Waals surface area contributed by atoms with E-state index in [4.69, 9.17) is 4.74 Å². The molecular weight excluding hydrogens is 318 g/mol. The van der Waals surface area contributed by atoms with E-state index in [1.54, 1.807) is 36.7 Å². The molecule has 7 nitrogen and oxygen atoms in total. The summed E-state index contributed by atoms with van der Waals surface area (Å²) in [7, 11) is 1.36. The molecule has 128 valence electrons. The second-order valence-electron chi connectivity index (χ2n) is 5.50. The Morgan fingerprint density at radius 2 is 2.00 bits per heavy atom. The number of rotatable bonds is 5. The van der Waals surface area contributed by atoms with Gasteiger partial charge in [-0.15, -0.1) is 0 Å². The Balaban J connectivity index is 1.83. The molecule has 7 heteroatoms. The topological polar surface area (TPSA) is 81.9 Å². The number of esters is 1. The largest absolute Gasteiger partial charge is 0.465 e. The van der Waals surface area contributed by atoms with Gasteiger partial charge >= 0.3 is 5.97 Å². The van der Waals surface area contributed by atoms with Crippen LogP contribution in [0.2, 0.25) is 0 Å². The molecule has 1 aromatic carbocycles. The van der Waals surface area contributed by atoms with Crippen LogP contribution in [-0.2, 0) is 11.3 Å². The maximum absolute atomic E-state index is 11.5. The predicted molar refractivity (Wildman–Crippen MR) is 94.7 cm³/mol. The van der Waals surface area contributed by atoms with Gasteiger partial charge in [0.05, 0.1) is 24.6 Å². The zero-order chi connectivity index (χ0) is 17.8. The first-order valence-corrected chi connectivity index (χ1v) is 7.92. The Hall–Kier alpha value is -3.22. The minimum Gasteiger partial charge on any atom is -0.465 e. The molecule has 0 bridgehead atoms. The summed E-state index contributed by atoms with van der Waals surface area (Å²) < 4.78 is 6.55. The van der Waals surface area contributed by atoms with Crippen LogP contribution < -0.4 is 5.32 Å². The zero-order valence-electron chi connectivity index (χ0n) is 14.4. The number of hydrogen-bond donors (Lipinski definition) is 1. The molecule has 0 spiro atoms. The summed E-state index contributed by atoms with van der Waals surface area (Å²) in [5.74, 6) is 0.115. The number of aryl methyl sites for hydroxylation is 2. The molecule has 0 aliphatic heterocycles. The van der Waals surface area contributed by atoms with Gasteiger partial charge in [-0.2, -0.15) is 5.10 Å². The van der Waals surface area contributed by atoms with E-state index in [0.717, 1.165) is 29.1 Å². The van der Waals surface area contributed by atoms with E-state index in [1.165, 1.54) is 7.11 Å². The Labute approximate surface area is 145 Å². The minimum absolute atomic E-state index is 0.367. The monoisotopic (exact) mass is 337 g/mol. The highest BCUT2D eigenvalue weighted by molar-refractivity contribution is 5.89. The fourth-order valence-corrected chi connectivity index (χ4v) is 2.39. The highest BCUT2D eigenvalue weighted by Crippen LogP contribution is 2.22. The molecule has 2 aromatic heterocycles. The Morgan fingerprint density at radius 1 is 1.24 bits per heavy atom. The van der Waals surface area contributed by atoms with Crippen molar-refractivity contribution in [1.82, 2.24) is 19.7 Å². The van der Waals surface area contributed by atoms with Crippen LogP contribution in [0.25, 0.3) is 11.3 Å². The Bertz CT molecular complexity index is 887. The van der Waals surface area contributed by atoms with E-state index >= 15 is 0 Å². The van der Waals surface area contributed by atoms with Crippen LogP contribution in [0.4, 0.5) is 11.6 Å². The molecule has 3 aromatic rings. The third-order valence-corrected chi connectivity index (χ3v) is 3.76. The molecule has 0 saturated carbocycles. The quantitative estimate of drug-likeness (QED) is 0.720. The summed E-state index contributed by atoms with van der Waals surface area (Å²) in [6, 6.07) is 6.94. The Kier molecular flexibility index (Phi) is 4.74.